The molecule has 0 unspecified atom stereocenters. The van der Waals surface area contributed by atoms with E-state index in [-0.39, 0.29) is 18.2 Å². The van der Waals surface area contributed by atoms with Crippen LogP contribution in [-0.4, -0.2) is 87.9 Å². The Labute approximate surface area is 240 Å². The van der Waals surface area contributed by atoms with Crippen LogP contribution < -0.4 is 15.5 Å². The summed E-state index contributed by atoms with van der Waals surface area (Å²) >= 11 is 0. The number of rotatable bonds is 7. The van der Waals surface area contributed by atoms with Gasteiger partial charge in [-0.05, 0) is 49.0 Å². The summed E-state index contributed by atoms with van der Waals surface area (Å²) in [5, 5.41) is 6.60. The lowest BCUT2D eigenvalue weighted by atomic mass is 9.90. The number of benzene rings is 3. The number of methoxy groups -OCH3 is 1. The Morgan fingerprint density at radius 1 is 0.951 bits per heavy atom. The van der Waals surface area contributed by atoms with Crippen LogP contribution in [0.1, 0.15) is 21.5 Å². The Morgan fingerprint density at radius 3 is 2.34 bits per heavy atom. The van der Waals surface area contributed by atoms with Crippen molar-refractivity contribution in [1.82, 2.24) is 9.80 Å². The summed E-state index contributed by atoms with van der Waals surface area (Å²) in [7, 11) is 5.24. The van der Waals surface area contributed by atoms with E-state index in [9.17, 15) is 14.4 Å². The van der Waals surface area contributed by atoms with Gasteiger partial charge in [0.15, 0.2) is 5.78 Å². The van der Waals surface area contributed by atoms with E-state index in [1.807, 2.05) is 54.6 Å². The van der Waals surface area contributed by atoms with Gasteiger partial charge >= 0.3 is 5.97 Å². The highest BCUT2D eigenvalue weighted by molar-refractivity contribution is 6.32. The predicted octanol–water partition coefficient (Wildman–Crippen LogP) is 3.66. The topological polar surface area (TPSA) is 94.2 Å². The van der Waals surface area contributed by atoms with Gasteiger partial charge in [-0.25, -0.2) is 4.79 Å². The van der Waals surface area contributed by atoms with Gasteiger partial charge in [0.1, 0.15) is 0 Å². The van der Waals surface area contributed by atoms with Crippen LogP contribution in [-0.2, 0) is 14.3 Å². The molecule has 2 aliphatic heterocycles. The zero-order chi connectivity index (χ0) is 28.9. The third-order valence-corrected chi connectivity index (χ3v) is 7.59. The summed E-state index contributed by atoms with van der Waals surface area (Å²) in [6.07, 6.45) is 0. The maximum atomic E-state index is 13.3. The van der Waals surface area contributed by atoms with E-state index >= 15 is 0 Å². The first-order chi connectivity index (χ1) is 19.8. The van der Waals surface area contributed by atoms with Gasteiger partial charge in [0.2, 0.25) is 5.91 Å². The number of amides is 1. The number of carbonyl (C=O) groups excluding carboxylic acids is 3. The molecule has 9 nitrogen and oxygen atoms in total. The number of hydrogen-bond acceptors (Lipinski definition) is 8. The van der Waals surface area contributed by atoms with E-state index in [0.29, 0.717) is 34.6 Å². The lowest BCUT2D eigenvalue weighted by Gasteiger charge is -2.32. The number of hydrogen-bond donors (Lipinski definition) is 2. The molecule has 3 aromatic carbocycles. The molecule has 2 N–H and O–H groups in total. The van der Waals surface area contributed by atoms with Crippen LogP contribution in [0.5, 0.6) is 0 Å². The van der Waals surface area contributed by atoms with Gasteiger partial charge in [-0.1, -0.05) is 36.4 Å². The number of esters is 1. The molecular weight excluding hydrogens is 518 g/mol. The third kappa shape index (κ3) is 6.32. The van der Waals surface area contributed by atoms with Gasteiger partial charge in [-0.15, -0.1) is 0 Å². The standard InChI is InChI=1S/C32H35N5O4/c1-35-15-17-37(18-16-35)21-29(39)36(2)25-12-10-24(11-13-25)34-31(22-7-5-4-6-8-22)30-26-14-9-23(32(40)41-3)19-27(26)33-20-28(30)38/h4-14,19,33-34H,15-18,20-21H2,1-3H3/b31-30+. The third-order valence-electron chi connectivity index (χ3n) is 7.59. The number of Topliss-reactive ketones (excluding diaryl/α,β-unsaturated/α-hetero) is 1. The van der Waals surface area contributed by atoms with Crippen LogP contribution in [0.2, 0.25) is 0 Å². The van der Waals surface area contributed by atoms with Crippen molar-refractivity contribution in [2.24, 2.45) is 0 Å². The van der Waals surface area contributed by atoms with Crippen molar-refractivity contribution in [3.05, 3.63) is 89.5 Å². The van der Waals surface area contributed by atoms with Crippen LogP contribution in [0.25, 0.3) is 11.3 Å². The first kappa shape index (κ1) is 28.1. The van der Waals surface area contributed by atoms with Crippen LogP contribution in [0.15, 0.2) is 72.8 Å². The number of ketones is 1. The smallest absolute Gasteiger partial charge is 0.337 e. The zero-order valence-electron chi connectivity index (χ0n) is 23.6. The molecule has 1 fully saturated rings. The second-order valence-corrected chi connectivity index (χ2v) is 10.3. The van der Waals surface area contributed by atoms with Gasteiger partial charge in [0.25, 0.3) is 0 Å². The Morgan fingerprint density at radius 2 is 1.66 bits per heavy atom. The van der Waals surface area contributed by atoms with Crippen LogP contribution in [0.3, 0.4) is 0 Å². The minimum Gasteiger partial charge on any atom is -0.465 e. The molecule has 0 aromatic heterocycles. The fourth-order valence-electron chi connectivity index (χ4n) is 5.09. The molecule has 0 bridgehead atoms. The molecule has 1 amide bonds. The molecule has 0 saturated carbocycles. The van der Waals surface area contributed by atoms with Crippen molar-refractivity contribution in [3.8, 4) is 0 Å². The number of piperazine rings is 1. The van der Waals surface area contributed by atoms with Crippen molar-refractivity contribution >= 4 is 46.0 Å². The maximum Gasteiger partial charge on any atom is 0.337 e. The molecule has 0 spiro atoms. The van der Waals surface area contributed by atoms with Crippen molar-refractivity contribution in [3.63, 3.8) is 0 Å². The van der Waals surface area contributed by atoms with Crippen molar-refractivity contribution in [2.45, 2.75) is 0 Å². The number of nitrogens with one attached hydrogen (secondary N) is 2. The predicted molar refractivity (Wildman–Crippen MR) is 162 cm³/mol. The second kappa shape index (κ2) is 12.4. The fraction of sp³-hybridized carbons (Fsp3) is 0.281. The molecule has 0 atom stereocenters. The Bertz CT molecular complexity index is 1460. The Kier molecular flexibility index (Phi) is 8.47. The normalized spacial score (nSPS) is 16.8. The number of nitrogens with zero attached hydrogens (tertiary/aromatic N) is 3. The fourth-order valence-corrected chi connectivity index (χ4v) is 5.09. The Hall–Kier alpha value is -4.47. The summed E-state index contributed by atoms with van der Waals surface area (Å²) in [6, 6.07) is 22.4. The molecular formula is C32H35N5O4. The summed E-state index contributed by atoms with van der Waals surface area (Å²) in [4.78, 5) is 44.5. The Balaban J connectivity index is 1.42. The molecule has 1 saturated heterocycles. The monoisotopic (exact) mass is 553 g/mol. The van der Waals surface area contributed by atoms with Crippen molar-refractivity contribution in [1.29, 1.82) is 0 Å². The van der Waals surface area contributed by atoms with E-state index in [1.165, 1.54) is 7.11 Å². The molecule has 9 heteroatoms. The van der Waals surface area contributed by atoms with Crippen LogP contribution in [0, 0.1) is 0 Å². The number of likely N-dealkylation sites (N-methyl/N-ethyl adjacent to an activating group) is 2. The summed E-state index contributed by atoms with van der Waals surface area (Å²) in [5.41, 5.74) is 5.41. The lowest BCUT2D eigenvalue weighted by molar-refractivity contribution is -0.119. The summed E-state index contributed by atoms with van der Waals surface area (Å²) < 4.78 is 4.87. The molecule has 41 heavy (non-hydrogen) atoms. The van der Waals surface area contributed by atoms with E-state index in [0.717, 1.165) is 43.1 Å². The summed E-state index contributed by atoms with van der Waals surface area (Å²) in [5.74, 6) is -0.461. The highest BCUT2D eigenvalue weighted by atomic mass is 16.5. The SMILES string of the molecule is COC(=O)c1ccc2c(c1)NCC(=O)/C2=C(/Nc1ccc(N(C)C(=O)CN2CCN(C)CC2)cc1)c1ccccc1. The maximum absolute atomic E-state index is 13.3. The average Bonchev–Trinajstić information content (AvgIpc) is 3.01. The lowest BCUT2D eigenvalue weighted by Crippen LogP contribution is -2.48. The number of ether oxygens (including phenoxy) is 1. The van der Waals surface area contributed by atoms with Gasteiger partial charge in [0.05, 0.1) is 37.0 Å². The highest BCUT2D eigenvalue weighted by Crippen LogP contribution is 2.36. The first-order valence-electron chi connectivity index (χ1n) is 13.7. The molecule has 2 heterocycles. The summed E-state index contributed by atoms with van der Waals surface area (Å²) in [6.45, 7) is 4.19. The van der Waals surface area contributed by atoms with Gasteiger partial charge in [-0.3, -0.25) is 14.5 Å². The molecule has 212 valence electrons. The van der Waals surface area contributed by atoms with Crippen LogP contribution in [0.4, 0.5) is 17.1 Å². The van der Waals surface area contributed by atoms with Crippen molar-refractivity contribution in [2.75, 3.05) is 76.0 Å². The quantitative estimate of drug-likeness (QED) is 0.338. The largest absolute Gasteiger partial charge is 0.465 e. The van der Waals surface area contributed by atoms with E-state index < -0.39 is 5.97 Å². The van der Waals surface area contributed by atoms with Crippen molar-refractivity contribution < 1.29 is 19.1 Å². The van der Waals surface area contributed by atoms with Crippen LogP contribution >= 0.6 is 0 Å². The number of fused-ring (bicyclic) bond motifs is 1. The van der Waals surface area contributed by atoms with E-state index in [1.54, 1.807) is 30.1 Å². The van der Waals surface area contributed by atoms with Gasteiger partial charge < -0.3 is 25.2 Å². The minimum absolute atomic E-state index is 0.0468. The minimum atomic E-state index is -0.439. The molecule has 2 aliphatic rings. The molecule has 0 radical (unpaired) electrons. The molecule has 5 rings (SSSR count). The van der Waals surface area contributed by atoms with E-state index in [2.05, 4.69) is 27.5 Å². The molecule has 0 aliphatic carbocycles. The molecule has 3 aromatic rings. The van der Waals surface area contributed by atoms with Gasteiger partial charge in [0, 0.05) is 55.9 Å². The second-order valence-electron chi connectivity index (χ2n) is 10.3. The number of carbonyl (C=O) groups is 3. The zero-order valence-corrected chi connectivity index (χ0v) is 23.6. The highest BCUT2D eigenvalue weighted by Gasteiger charge is 2.27. The first-order valence-corrected chi connectivity index (χ1v) is 13.7. The van der Waals surface area contributed by atoms with E-state index in [4.69, 9.17) is 4.74 Å². The average molecular weight is 554 g/mol. The number of anilines is 3. The van der Waals surface area contributed by atoms with Gasteiger partial charge in [-0.2, -0.15) is 0 Å².